The van der Waals surface area contributed by atoms with Crippen molar-refractivity contribution < 1.29 is 27.9 Å². The van der Waals surface area contributed by atoms with Crippen molar-refractivity contribution in [1.29, 1.82) is 0 Å². The van der Waals surface area contributed by atoms with Gasteiger partial charge in [-0.15, -0.1) is 0 Å². The molecule has 1 saturated heterocycles. The zero-order valence-corrected chi connectivity index (χ0v) is 32.5. The average molecular weight is 736 g/mol. The molecule has 1 aliphatic heterocycles. The van der Waals surface area contributed by atoms with Gasteiger partial charge in [-0.05, 0) is 83.4 Å². The van der Waals surface area contributed by atoms with Crippen LogP contribution in [0, 0.1) is 11.8 Å². The maximum atomic E-state index is 14.4. The highest BCUT2D eigenvalue weighted by Crippen LogP contribution is 2.39. The molecule has 0 spiro atoms. The summed E-state index contributed by atoms with van der Waals surface area (Å²) < 4.78 is 26.4. The van der Waals surface area contributed by atoms with Gasteiger partial charge in [0.2, 0.25) is 11.8 Å². The Morgan fingerprint density at radius 3 is 2.19 bits per heavy atom. The number of piperidine rings is 1. The molecule has 11 nitrogen and oxygen atoms in total. The Morgan fingerprint density at radius 2 is 1.56 bits per heavy atom. The number of nitrogens with one attached hydrogen (secondary N) is 3. The van der Waals surface area contributed by atoms with Crippen LogP contribution in [-0.4, -0.2) is 94.6 Å². The van der Waals surface area contributed by atoms with Crippen molar-refractivity contribution in [3.8, 4) is 0 Å². The zero-order chi connectivity index (χ0) is 38.0. The number of sulfone groups is 1. The summed E-state index contributed by atoms with van der Waals surface area (Å²) >= 11 is 0. The van der Waals surface area contributed by atoms with E-state index in [1.54, 1.807) is 17.7 Å². The van der Waals surface area contributed by atoms with E-state index < -0.39 is 56.2 Å². The van der Waals surface area contributed by atoms with E-state index in [0.29, 0.717) is 24.8 Å². The van der Waals surface area contributed by atoms with Gasteiger partial charge in [0.1, 0.15) is 11.7 Å². The molecule has 1 saturated carbocycles. The Kier molecular flexibility index (Phi) is 11.9. The van der Waals surface area contributed by atoms with Crippen molar-refractivity contribution in [2.45, 2.75) is 108 Å². The Morgan fingerprint density at radius 1 is 0.923 bits per heavy atom. The Balaban J connectivity index is 1.44. The molecule has 2 aliphatic rings. The molecule has 2 heterocycles. The second-order valence-corrected chi connectivity index (χ2v) is 19.1. The molecule has 52 heavy (non-hydrogen) atoms. The lowest BCUT2D eigenvalue weighted by atomic mass is 9.72. The summed E-state index contributed by atoms with van der Waals surface area (Å²) in [6.45, 7) is 9.50. The van der Waals surface area contributed by atoms with Crippen molar-refractivity contribution >= 4 is 38.5 Å². The fourth-order valence-corrected chi connectivity index (χ4v) is 8.49. The first kappa shape index (κ1) is 39.5. The van der Waals surface area contributed by atoms with Crippen LogP contribution < -0.4 is 16.0 Å². The lowest BCUT2D eigenvalue weighted by Crippen LogP contribution is -2.64. The molecule has 3 amide bonds. The van der Waals surface area contributed by atoms with E-state index in [4.69, 9.17) is 0 Å². The number of aromatic nitrogens is 1. The maximum absolute atomic E-state index is 14.4. The first-order valence-corrected chi connectivity index (χ1v) is 20.4. The fraction of sp³-hybridized carbons (Fsp3) is 0.575. The minimum Gasteiger partial charge on any atom is -0.390 e. The van der Waals surface area contributed by atoms with Crippen LogP contribution in [0.4, 0.5) is 0 Å². The third-order valence-electron chi connectivity index (χ3n) is 11.2. The minimum absolute atomic E-state index is 0.0709. The minimum atomic E-state index is -3.89. The lowest BCUT2D eigenvalue weighted by molar-refractivity contribution is -0.133. The third kappa shape index (κ3) is 9.06. The van der Waals surface area contributed by atoms with Crippen molar-refractivity contribution in [3.63, 3.8) is 0 Å². The quantitative estimate of drug-likeness (QED) is 0.220. The smallest absolute Gasteiger partial charge is 0.268 e. The molecule has 5 rings (SSSR count). The van der Waals surface area contributed by atoms with Gasteiger partial charge in [0.05, 0.1) is 22.9 Å². The van der Waals surface area contributed by atoms with Gasteiger partial charge in [-0.1, -0.05) is 67.8 Å². The van der Waals surface area contributed by atoms with Crippen LogP contribution in [0.25, 0.3) is 10.9 Å². The van der Waals surface area contributed by atoms with E-state index in [9.17, 15) is 27.9 Å². The molecular formula is C40H57N5O6S. The standard InChI is InChI=1S/C40H57N5O6S/c1-39(2,3)43-37(48)33-22-27-17-11-12-19-29(27)24-45(33)25-34(46)30(21-26-15-9-8-10-16-26)41-38(49)35(40(4,5)52(7,50)51)42-36(47)32-23-28-18-13-14-20-31(28)44(32)6/h8-10,13-16,18,20,23,27,29-30,33-35,46H,11-12,17,19,21-22,24-25H2,1-7H3,(H,41,49)(H,42,47)(H,43,48)/t27?,29?,30-,33-,34+,35+/m0/s1. The average Bonchev–Trinajstić information content (AvgIpc) is 3.41. The number of β-amino-alcohol motifs (C(OH)–C–C–N with tert-alkyl or cyclic N) is 1. The highest BCUT2D eigenvalue weighted by atomic mass is 32.2. The summed E-state index contributed by atoms with van der Waals surface area (Å²) in [6, 6.07) is 15.8. The fourth-order valence-electron chi connectivity index (χ4n) is 7.89. The van der Waals surface area contributed by atoms with Crippen molar-refractivity contribution in [1.82, 2.24) is 25.4 Å². The second-order valence-electron chi connectivity index (χ2n) is 16.6. The monoisotopic (exact) mass is 735 g/mol. The van der Waals surface area contributed by atoms with Crippen LogP contribution in [0.5, 0.6) is 0 Å². The SMILES string of the molecule is Cn1c(C(=O)N[C@H](C(=O)N[C@@H](Cc2ccccc2)[C@H](O)CN2CC3CCCCC3C[C@H]2C(=O)NC(C)(C)C)C(C)(C)S(C)(=O)=O)cc2ccccc21. The molecule has 2 aromatic carbocycles. The number of hydrogen-bond acceptors (Lipinski definition) is 7. The van der Waals surface area contributed by atoms with Crippen LogP contribution >= 0.6 is 0 Å². The number of hydrogen-bond donors (Lipinski definition) is 4. The van der Waals surface area contributed by atoms with Crippen LogP contribution in [0.1, 0.15) is 82.8 Å². The van der Waals surface area contributed by atoms with E-state index in [1.807, 2.05) is 75.4 Å². The van der Waals surface area contributed by atoms with Gasteiger partial charge in [-0.2, -0.15) is 0 Å². The molecule has 4 N–H and O–H groups in total. The molecule has 0 radical (unpaired) electrons. The van der Waals surface area contributed by atoms with Crippen LogP contribution in [0.3, 0.4) is 0 Å². The molecule has 1 aromatic heterocycles. The third-order valence-corrected chi connectivity index (χ3v) is 13.3. The number of para-hydroxylation sites is 1. The molecular weight excluding hydrogens is 679 g/mol. The number of benzene rings is 2. The van der Waals surface area contributed by atoms with E-state index in [2.05, 4.69) is 20.9 Å². The number of aryl methyl sites for hydroxylation is 1. The van der Waals surface area contributed by atoms with Gasteiger partial charge in [0.15, 0.2) is 9.84 Å². The highest BCUT2D eigenvalue weighted by Gasteiger charge is 2.46. The van der Waals surface area contributed by atoms with Gasteiger partial charge in [-0.25, -0.2) is 8.42 Å². The molecule has 3 aromatic rings. The number of rotatable bonds is 12. The van der Waals surface area contributed by atoms with E-state index in [0.717, 1.165) is 48.4 Å². The Bertz CT molecular complexity index is 1850. The van der Waals surface area contributed by atoms with Crippen molar-refractivity contribution in [2.24, 2.45) is 18.9 Å². The Hall–Kier alpha value is -3.74. The molecule has 6 atom stereocenters. The first-order chi connectivity index (χ1) is 24.4. The van der Waals surface area contributed by atoms with E-state index in [1.165, 1.54) is 13.8 Å². The van der Waals surface area contributed by atoms with E-state index in [-0.39, 0.29) is 24.6 Å². The number of aliphatic hydroxyl groups is 1. The highest BCUT2D eigenvalue weighted by molar-refractivity contribution is 7.92. The normalized spacial score (nSPS) is 21.8. The topological polar surface area (TPSA) is 150 Å². The summed E-state index contributed by atoms with van der Waals surface area (Å²) in [4.78, 5) is 44.0. The number of fused-ring (bicyclic) bond motifs is 2. The summed E-state index contributed by atoms with van der Waals surface area (Å²) in [5.41, 5.74) is 1.52. The Labute approximate surface area is 308 Å². The number of amides is 3. The van der Waals surface area contributed by atoms with Gasteiger partial charge >= 0.3 is 0 Å². The predicted molar refractivity (Wildman–Crippen MR) is 205 cm³/mol. The largest absolute Gasteiger partial charge is 0.390 e. The van der Waals surface area contributed by atoms with Crippen LogP contribution in [0.15, 0.2) is 60.7 Å². The van der Waals surface area contributed by atoms with Crippen molar-refractivity contribution in [3.05, 3.63) is 71.9 Å². The summed E-state index contributed by atoms with van der Waals surface area (Å²) in [7, 11) is -2.15. The second kappa shape index (κ2) is 15.7. The van der Waals surface area contributed by atoms with Gasteiger partial charge in [0.25, 0.3) is 5.91 Å². The number of nitrogens with zero attached hydrogens (tertiary/aromatic N) is 2. The van der Waals surface area contributed by atoms with Crippen LogP contribution in [0.2, 0.25) is 0 Å². The van der Waals surface area contributed by atoms with Crippen molar-refractivity contribution in [2.75, 3.05) is 19.3 Å². The summed E-state index contributed by atoms with van der Waals surface area (Å²) in [5, 5.41) is 21.7. The maximum Gasteiger partial charge on any atom is 0.268 e. The number of carbonyl (C=O) groups is 3. The van der Waals surface area contributed by atoms with Gasteiger partial charge in [-0.3, -0.25) is 19.3 Å². The molecule has 2 fully saturated rings. The number of aliphatic hydroxyl groups excluding tert-OH is 1. The number of likely N-dealkylation sites (tertiary alicyclic amines) is 1. The van der Waals surface area contributed by atoms with Gasteiger partial charge in [0, 0.05) is 42.8 Å². The molecule has 12 heteroatoms. The zero-order valence-electron chi connectivity index (χ0n) is 31.7. The molecule has 2 unspecified atom stereocenters. The molecule has 284 valence electrons. The lowest BCUT2D eigenvalue weighted by Gasteiger charge is -2.47. The van der Waals surface area contributed by atoms with E-state index >= 15 is 0 Å². The van der Waals surface area contributed by atoms with Gasteiger partial charge < -0.3 is 25.6 Å². The summed E-state index contributed by atoms with van der Waals surface area (Å²) in [5.74, 6) is -0.527. The molecule has 1 aliphatic carbocycles. The van der Waals surface area contributed by atoms with Crippen LogP contribution in [-0.2, 0) is 32.9 Å². The summed E-state index contributed by atoms with van der Waals surface area (Å²) in [6.07, 6.45) is 5.35. The predicted octanol–water partition coefficient (Wildman–Crippen LogP) is 3.98. The first-order valence-electron chi connectivity index (χ1n) is 18.5. The number of carbonyl (C=O) groups excluding carboxylic acids is 3. The molecule has 0 bridgehead atoms.